The molecule has 0 N–H and O–H groups in total. The van der Waals surface area contributed by atoms with Gasteiger partial charge in [0.15, 0.2) is 11.6 Å². The molecule has 24 heavy (non-hydrogen) atoms. The lowest BCUT2D eigenvalue weighted by molar-refractivity contribution is 0.0525. The second kappa shape index (κ2) is 7.25. The Bertz CT molecular complexity index is 711. The Morgan fingerprint density at radius 3 is 2.96 bits per heavy atom. The smallest absolute Gasteiger partial charge is 0.254 e. The quantitative estimate of drug-likeness (QED) is 0.860. The molecular formula is C17H18FN3O3. The molecule has 0 radical (unpaired) electrons. The van der Waals surface area contributed by atoms with Crippen LogP contribution in [0.4, 0.5) is 4.39 Å². The molecule has 6 nitrogen and oxygen atoms in total. The summed E-state index contributed by atoms with van der Waals surface area (Å²) < 4.78 is 24.5. The van der Waals surface area contributed by atoms with Crippen LogP contribution >= 0.6 is 0 Å². The largest absolute Gasteiger partial charge is 0.494 e. The van der Waals surface area contributed by atoms with Crippen LogP contribution < -0.4 is 9.47 Å². The number of piperidine rings is 1. The zero-order valence-corrected chi connectivity index (χ0v) is 13.3. The standard InChI is InChI=1S/C17H18FN3O3/c1-23-15-7-6-12(10-14(15)18)17(22)21-9-3-4-13(11-21)24-16-5-2-8-19-20-16/h2,5-8,10,13H,3-4,9,11H2,1H3. The SMILES string of the molecule is COc1ccc(C(=O)N2CCCC(Oc3cccnn3)C2)cc1F. The van der Waals surface area contributed by atoms with Crippen LogP contribution in [-0.2, 0) is 0 Å². The van der Waals surface area contributed by atoms with Crippen molar-refractivity contribution in [3.05, 3.63) is 47.9 Å². The fraction of sp³-hybridized carbons (Fsp3) is 0.353. The third-order valence-corrected chi connectivity index (χ3v) is 3.90. The summed E-state index contributed by atoms with van der Waals surface area (Å²) in [6.07, 6.45) is 3.07. The molecule has 1 aliphatic rings. The summed E-state index contributed by atoms with van der Waals surface area (Å²) >= 11 is 0. The van der Waals surface area contributed by atoms with Gasteiger partial charge in [-0.1, -0.05) is 0 Å². The number of rotatable bonds is 4. The van der Waals surface area contributed by atoms with Crippen molar-refractivity contribution in [2.24, 2.45) is 0 Å². The van der Waals surface area contributed by atoms with Gasteiger partial charge < -0.3 is 14.4 Å². The van der Waals surface area contributed by atoms with Crippen molar-refractivity contribution in [3.8, 4) is 11.6 Å². The molecule has 1 saturated heterocycles. The second-order valence-electron chi connectivity index (χ2n) is 5.54. The molecule has 0 saturated carbocycles. The highest BCUT2D eigenvalue weighted by Crippen LogP contribution is 2.21. The molecule has 1 amide bonds. The number of carbonyl (C=O) groups excluding carboxylic acids is 1. The highest BCUT2D eigenvalue weighted by molar-refractivity contribution is 5.94. The molecule has 0 spiro atoms. The number of methoxy groups -OCH3 is 1. The van der Waals surface area contributed by atoms with Crippen LogP contribution in [0.2, 0.25) is 0 Å². The Balaban J connectivity index is 1.67. The van der Waals surface area contributed by atoms with E-state index in [2.05, 4.69) is 10.2 Å². The van der Waals surface area contributed by atoms with Gasteiger partial charge in [0.2, 0.25) is 5.88 Å². The maximum atomic E-state index is 13.8. The summed E-state index contributed by atoms with van der Waals surface area (Å²) in [5.74, 6) is -0.210. The first-order chi connectivity index (χ1) is 11.7. The van der Waals surface area contributed by atoms with Gasteiger partial charge in [0.25, 0.3) is 5.91 Å². The summed E-state index contributed by atoms with van der Waals surface area (Å²) in [6.45, 7) is 1.05. The van der Waals surface area contributed by atoms with Crippen molar-refractivity contribution in [1.29, 1.82) is 0 Å². The van der Waals surface area contributed by atoms with E-state index in [1.807, 2.05) is 0 Å². The Labute approximate surface area is 139 Å². The third-order valence-electron chi connectivity index (χ3n) is 3.90. The highest BCUT2D eigenvalue weighted by Gasteiger charge is 2.26. The van der Waals surface area contributed by atoms with Crippen molar-refractivity contribution < 1.29 is 18.7 Å². The molecule has 1 aliphatic heterocycles. The highest BCUT2D eigenvalue weighted by atomic mass is 19.1. The van der Waals surface area contributed by atoms with E-state index in [0.29, 0.717) is 24.5 Å². The normalized spacial score (nSPS) is 17.4. The van der Waals surface area contributed by atoms with E-state index in [1.54, 1.807) is 29.3 Å². The molecule has 1 atom stereocenters. The lowest BCUT2D eigenvalue weighted by Gasteiger charge is -2.32. The number of benzene rings is 1. The van der Waals surface area contributed by atoms with Crippen molar-refractivity contribution >= 4 is 5.91 Å². The van der Waals surface area contributed by atoms with E-state index in [-0.39, 0.29) is 17.8 Å². The Morgan fingerprint density at radius 2 is 2.25 bits per heavy atom. The van der Waals surface area contributed by atoms with Crippen molar-refractivity contribution in [2.45, 2.75) is 18.9 Å². The van der Waals surface area contributed by atoms with E-state index < -0.39 is 5.82 Å². The van der Waals surface area contributed by atoms with Gasteiger partial charge in [-0.05, 0) is 37.1 Å². The molecule has 126 valence electrons. The summed E-state index contributed by atoms with van der Waals surface area (Å²) in [6, 6.07) is 7.70. The van der Waals surface area contributed by atoms with Crippen LogP contribution in [0.1, 0.15) is 23.2 Å². The number of hydrogen-bond donors (Lipinski definition) is 0. The van der Waals surface area contributed by atoms with E-state index in [0.717, 1.165) is 12.8 Å². The third kappa shape index (κ3) is 3.61. The van der Waals surface area contributed by atoms with Gasteiger partial charge in [-0.3, -0.25) is 4.79 Å². The van der Waals surface area contributed by atoms with Crippen molar-refractivity contribution in [2.75, 3.05) is 20.2 Å². The number of carbonyl (C=O) groups is 1. The van der Waals surface area contributed by atoms with Gasteiger partial charge in [-0.2, -0.15) is 5.10 Å². The molecule has 1 aromatic heterocycles. The lowest BCUT2D eigenvalue weighted by Crippen LogP contribution is -2.44. The maximum Gasteiger partial charge on any atom is 0.254 e. The number of ether oxygens (including phenoxy) is 2. The van der Waals surface area contributed by atoms with Crippen molar-refractivity contribution in [3.63, 3.8) is 0 Å². The Hall–Kier alpha value is -2.70. The summed E-state index contributed by atoms with van der Waals surface area (Å²) in [5, 5.41) is 7.66. The second-order valence-corrected chi connectivity index (χ2v) is 5.54. The van der Waals surface area contributed by atoms with Gasteiger partial charge in [0.1, 0.15) is 6.10 Å². The molecule has 0 aliphatic carbocycles. The average Bonchev–Trinajstić information content (AvgIpc) is 2.62. The first-order valence-corrected chi connectivity index (χ1v) is 7.74. The topological polar surface area (TPSA) is 64.5 Å². The summed E-state index contributed by atoms with van der Waals surface area (Å²) in [4.78, 5) is 14.3. The predicted octanol–water partition coefficient (Wildman–Crippen LogP) is 2.31. The van der Waals surface area contributed by atoms with Crippen molar-refractivity contribution in [1.82, 2.24) is 15.1 Å². The predicted molar refractivity (Wildman–Crippen MR) is 84.5 cm³/mol. The zero-order chi connectivity index (χ0) is 16.9. The van der Waals surface area contributed by atoms with Gasteiger partial charge in [-0.15, -0.1) is 5.10 Å². The number of nitrogens with zero attached hydrogens (tertiary/aromatic N) is 3. The zero-order valence-electron chi connectivity index (χ0n) is 13.3. The minimum Gasteiger partial charge on any atom is -0.494 e. The molecule has 2 heterocycles. The van der Waals surface area contributed by atoms with Crippen LogP contribution in [0.3, 0.4) is 0 Å². The molecule has 1 aromatic carbocycles. The fourth-order valence-electron chi connectivity index (χ4n) is 2.72. The van der Waals surface area contributed by atoms with Crippen LogP contribution in [0.25, 0.3) is 0 Å². The molecule has 2 aromatic rings. The van der Waals surface area contributed by atoms with Crippen LogP contribution in [-0.4, -0.2) is 47.3 Å². The van der Waals surface area contributed by atoms with E-state index in [4.69, 9.17) is 9.47 Å². The number of likely N-dealkylation sites (tertiary alicyclic amines) is 1. The monoisotopic (exact) mass is 331 g/mol. The molecule has 0 bridgehead atoms. The average molecular weight is 331 g/mol. The number of halogens is 1. The Kier molecular flexibility index (Phi) is 4.88. The molecular weight excluding hydrogens is 313 g/mol. The van der Waals surface area contributed by atoms with E-state index in [1.165, 1.54) is 19.2 Å². The Morgan fingerprint density at radius 1 is 1.38 bits per heavy atom. The first kappa shape index (κ1) is 16.2. The molecule has 7 heteroatoms. The summed E-state index contributed by atoms with van der Waals surface area (Å²) in [5.41, 5.74) is 0.299. The van der Waals surface area contributed by atoms with Gasteiger partial charge >= 0.3 is 0 Å². The van der Waals surface area contributed by atoms with E-state index >= 15 is 0 Å². The minimum atomic E-state index is -0.548. The maximum absolute atomic E-state index is 13.8. The van der Waals surface area contributed by atoms with Crippen LogP contribution in [0.5, 0.6) is 11.6 Å². The van der Waals surface area contributed by atoms with E-state index in [9.17, 15) is 9.18 Å². The van der Waals surface area contributed by atoms with Gasteiger partial charge in [0.05, 0.1) is 13.7 Å². The summed E-state index contributed by atoms with van der Waals surface area (Å²) in [7, 11) is 1.39. The van der Waals surface area contributed by atoms with Crippen LogP contribution in [0.15, 0.2) is 36.5 Å². The molecule has 3 rings (SSSR count). The minimum absolute atomic E-state index is 0.119. The molecule has 1 fully saturated rings. The lowest BCUT2D eigenvalue weighted by atomic mass is 10.1. The van der Waals surface area contributed by atoms with Crippen LogP contribution in [0, 0.1) is 5.82 Å². The fourth-order valence-corrected chi connectivity index (χ4v) is 2.72. The first-order valence-electron chi connectivity index (χ1n) is 7.74. The van der Waals surface area contributed by atoms with Gasteiger partial charge in [0, 0.05) is 24.4 Å². The van der Waals surface area contributed by atoms with Gasteiger partial charge in [-0.25, -0.2) is 4.39 Å². The molecule has 1 unspecified atom stereocenters. The number of hydrogen-bond acceptors (Lipinski definition) is 5. The number of aromatic nitrogens is 2. The number of amides is 1.